The molecule has 1 unspecified atom stereocenters. The number of nitrogens with zero attached hydrogens (tertiary/aromatic N) is 3. The van der Waals surface area contributed by atoms with E-state index in [0.717, 1.165) is 31.2 Å². The molecular formula is C17H21N3O2. The lowest BCUT2D eigenvalue weighted by Crippen LogP contribution is -2.46. The van der Waals surface area contributed by atoms with Gasteiger partial charge in [-0.25, -0.2) is 4.68 Å². The zero-order valence-electron chi connectivity index (χ0n) is 12.9. The summed E-state index contributed by atoms with van der Waals surface area (Å²) in [6.45, 7) is 2.93. The van der Waals surface area contributed by atoms with E-state index in [9.17, 15) is 9.59 Å². The molecule has 5 heteroatoms. The van der Waals surface area contributed by atoms with Crippen molar-refractivity contribution in [2.45, 2.75) is 45.2 Å². The topological polar surface area (TPSA) is 55.2 Å². The van der Waals surface area contributed by atoms with E-state index in [1.54, 1.807) is 12.3 Å². The lowest BCUT2D eigenvalue weighted by molar-refractivity contribution is -0.135. The maximum absolute atomic E-state index is 12.6. The van der Waals surface area contributed by atoms with Gasteiger partial charge in [0.05, 0.1) is 11.6 Å². The third-order valence-corrected chi connectivity index (χ3v) is 4.47. The average Bonchev–Trinajstić information content (AvgIpc) is 2.57. The fraction of sp³-hybridized carbons (Fsp3) is 0.471. The number of piperidine rings is 1. The fourth-order valence-corrected chi connectivity index (χ4v) is 3.21. The number of aromatic nitrogens is 2. The molecule has 0 N–H and O–H groups in total. The van der Waals surface area contributed by atoms with Gasteiger partial charge in [0.2, 0.25) is 5.91 Å². The lowest BCUT2D eigenvalue weighted by atomic mass is 10.00. The molecule has 2 aromatic rings. The monoisotopic (exact) mass is 299 g/mol. The summed E-state index contributed by atoms with van der Waals surface area (Å²) >= 11 is 0. The summed E-state index contributed by atoms with van der Waals surface area (Å²) in [4.78, 5) is 26.9. The van der Waals surface area contributed by atoms with Crippen LogP contribution in [0, 0.1) is 0 Å². The Hall–Kier alpha value is -2.17. The second kappa shape index (κ2) is 6.30. The van der Waals surface area contributed by atoms with Gasteiger partial charge in [-0.1, -0.05) is 25.1 Å². The predicted octanol–water partition coefficient (Wildman–Crippen LogP) is 2.19. The molecule has 116 valence electrons. The number of fused-ring (bicyclic) bond motifs is 1. The number of amides is 1. The average molecular weight is 299 g/mol. The van der Waals surface area contributed by atoms with Crippen molar-refractivity contribution in [2.75, 3.05) is 6.54 Å². The van der Waals surface area contributed by atoms with Gasteiger partial charge in [-0.15, -0.1) is 0 Å². The number of likely N-dealkylation sites (tertiary alicyclic amines) is 1. The first kappa shape index (κ1) is 14.8. The molecule has 1 fully saturated rings. The van der Waals surface area contributed by atoms with Crippen LogP contribution in [0.3, 0.4) is 0 Å². The van der Waals surface area contributed by atoms with Gasteiger partial charge in [-0.2, -0.15) is 5.10 Å². The molecule has 0 radical (unpaired) electrons. The van der Waals surface area contributed by atoms with Crippen molar-refractivity contribution in [1.29, 1.82) is 0 Å². The van der Waals surface area contributed by atoms with Crippen LogP contribution in [0.15, 0.2) is 35.3 Å². The Labute approximate surface area is 129 Å². The van der Waals surface area contributed by atoms with Crippen LogP contribution < -0.4 is 5.56 Å². The molecule has 0 bridgehead atoms. The molecule has 1 aromatic heterocycles. The van der Waals surface area contributed by atoms with Crippen LogP contribution in [-0.2, 0) is 11.3 Å². The maximum Gasteiger partial charge on any atom is 0.275 e. The first-order chi connectivity index (χ1) is 10.7. The van der Waals surface area contributed by atoms with Crippen LogP contribution >= 0.6 is 0 Å². The van der Waals surface area contributed by atoms with E-state index in [0.29, 0.717) is 11.4 Å². The highest BCUT2D eigenvalue weighted by Gasteiger charge is 2.25. The van der Waals surface area contributed by atoms with Crippen molar-refractivity contribution in [1.82, 2.24) is 14.7 Å². The largest absolute Gasteiger partial charge is 0.338 e. The van der Waals surface area contributed by atoms with Gasteiger partial charge in [0, 0.05) is 18.0 Å². The minimum absolute atomic E-state index is 0.00330. The van der Waals surface area contributed by atoms with E-state index in [1.165, 1.54) is 11.1 Å². The van der Waals surface area contributed by atoms with Crippen LogP contribution in [0.2, 0.25) is 0 Å². The van der Waals surface area contributed by atoms with Crippen molar-refractivity contribution < 1.29 is 4.79 Å². The number of benzene rings is 1. The first-order valence-electron chi connectivity index (χ1n) is 7.95. The maximum atomic E-state index is 12.6. The van der Waals surface area contributed by atoms with Crippen molar-refractivity contribution in [3.8, 4) is 0 Å². The number of carbonyl (C=O) groups is 1. The Balaban J connectivity index is 1.85. The summed E-state index contributed by atoms with van der Waals surface area (Å²) < 4.78 is 1.28. The first-order valence-corrected chi connectivity index (χ1v) is 7.95. The molecule has 3 rings (SSSR count). The van der Waals surface area contributed by atoms with Crippen molar-refractivity contribution in [3.05, 3.63) is 40.8 Å². The van der Waals surface area contributed by atoms with Gasteiger partial charge in [0.1, 0.15) is 6.54 Å². The Morgan fingerprint density at radius 2 is 2.14 bits per heavy atom. The van der Waals surface area contributed by atoms with Crippen LogP contribution in [0.4, 0.5) is 0 Å². The third-order valence-electron chi connectivity index (χ3n) is 4.47. The van der Waals surface area contributed by atoms with Crippen LogP contribution in [0.1, 0.15) is 32.6 Å². The Morgan fingerprint density at radius 1 is 1.32 bits per heavy atom. The van der Waals surface area contributed by atoms with Gasteiger partial charge >= 0.3 is 0 Å². The normalized spacial score (nSPS) is 18.6. The minimum atomic E-state index is -0.198. The van der Waals surface area contributed by atoms with E-state index in [4.69, 9.17) is 0 Å². The molecule has 2 heterocycles. The van der Waals surface area contributed by atoms with E-state index < -0.39 is 0 Å². The zero-order chi connectivity index (χ0) is 15.5. The Kier molecular flexibility index (Phi) is 4.22. The number of carbonyl (C=O) groups excluding carboxylic acids is 1. The van der Waals surface area contributed by atoms with Crippen LogP contribution in [-0.4, -0.2) is 33.2 Å². The zero-order valence-corrected chi connectivity index (χ0v) is 12.9. The minimum Gasteiger partial charge on any atom is -0.338 e. The number of hydrogen-bond donors (Lipinski definition) is 0. The summed E-state index contributed by atoms with van der Waals surface area (Å²) in [5.41, 5.74) is -0.198. The van der Waals surface area contributed by atoms with Gasteiger partial charge < -0.3 is 4.90 Å². The van der Waals surface area contributed by atoms with E-state index in [1.807, 2.05) is 23.1 Å². The highest BCUT2D eigenvalue weighted by atomic mass is 16.2. The molecule has 1 aromatic carbocycles. The van der Waals surface area contributed by atoms with Gasteiger partial charge in [0.25, 0.3) is 5.56 Å². The molecule has 22 heavy (non-hydrogen) atoms. The summed E-state index contributed by atoms with van der Waals surface area (Å²) in [7, 11) is 0. The highest BCUT2D eigenvalue weighted by molar-refractivity contribution is 5.81. The number of hydrogen-bond acceptors (Lipinski definition) is 3. The van der Waals surface area contributed by atoms with Crippen LogP contribution in [0.5, 0.6) is 0 Å². The Bertz CT molecular complexity index is 738. The molecule has 0 saturated carbocycles. The summed E-state index contributed by atoms with van der Waals surface area (Å²) in [5, 5.41) is 5.56. The quantitative estimate of drug-likeness (QED) is 0.873. The fourth-order valence-electron chi connectivity index (χ4n) is 3.21. The van der Waals surface area contributed by atoms with E-state index >= 15 is 0 Å². The highest BCUT2D eigenvalue weighted by Crippen LogP contribution is 2.19. The van der Waals surface area contributed by atoms with Crippen molar-refractivity contribution in [2.24, 2.45) is 0 Å². The molecule has 0 spiro atoms. The van der Waals surface area contributed by atoms with Crippen molar-refractivity contribution >= 4 is 16.7 Å². The number of rotatable bonds is 3. The molecule has 0 aliphatic carbocycles. The predicted molar refractivity (Wildman–Crippen MR) is 85.6 cm³/mol. The van der Waals surface area contributed by atoms with E-state index in [-0.39, 0.29) is 18.0 Å². The molecule has 1 aliphatic rings. The molecule has 1 amide bonds. The SMILES string of the molecule is CCC1CCCCN1C(=O)Cn1ncc2ccccc2c1=O. The van der Waals surface area contributed by atoms with Gasteiger partial charge in [0.15, 0.2) is 0 Å². The second-order valence-electron chi connectivity index (χ2n) is 5.84. The molecule has 1 aliphatic heterocycles. The van der Waals surface area contributed by atoms with Crippen LogP contribution in [0.25, 0.3) is 10.8 Å². The van der Waals surface area contributed by atoms with Crippen molar-refractivity contribution in [3.63, 3.8) is 0 Å². The standard InChI is InChI=1S/C17H21N3O2/c1-2-14-8-5-6-10-19(14)16(21)12-20-17(22)15-9-4-3-7-13(15)11-18-20/h3-4,7,9,11,14H,2,5-6,8,10,12H2,1H3. The molecule has 5 nitrogen and oxygen atoms in total. The second-order valence-corrected chi connectivity index (χ2v) is 5.84. The lowest BCUT2D eigenvalue weighted by Gasteiger charge is -2.35. The molecule has 1 saturated heterocycles. The van der Waals surface area contributed by atoms with Gasteiger partial charge in [-0.05, 0) is 31.7 Å². The summed E-state index contributed by atoms with van der Waals surface area (Å²) in [6, 6.07) is 7.63. The Morgan fingerprint density at radius 3 is 2.95 bits per heavy atom. The molecule has 1 atom stereocenters. The summed E-state index contributed by atoms with van der Waals surface area (Å²) in [5.74, 6) is -0.00330. The van der Waals surface area contributed by atoms with Gasteiger partial charge in [-0.3, -0.25) is 9.59 Å². The third kappa shape index (κ3) is 2.75. The smallest absolute Gasteiger partial charge is 0.275 e. The van der Waals surface area contributed by atoms with E-state index in [2.05, 4.69) is 12.0 Å². The summed E-state index contributed by atoms with van der Waals surface area (Å²) in [6.07, 6.45) is 5.89. The molecular weight excluding hydrogens is 278 g/mol.